The van der Waals surface area contributed by atoms with Crippen molar-refractivity contribution in [2.45, 2.75) is 24.7 Å². The van der Waals surface area contributed by atoms with Gasteiger partial charge >= 0.3 is 5.97 Å². The summed E-state index contributed by atoms with van der Waals surface area (Å²) in [7, 11) is 1.45. The molecule has 25 heavy (non-hydrogen) atoms. The molecule has 3 rings (SSSR count). The van der Waals surface area contributed by atoms with Crippen LogP contribution in [-0.4, -0.2) is 24.0 Å². The summed E-state index contributed by atoms with van der Waals surface area (Å²) in [6.45, 7) is 3.43. The molecule has 0 radical (unpaired) electrons. The Morgan fingerprint density at radius 3 is 2.52 bits per heavy atom. The molecule has 0 bridgehead atoms. The minimum atomic E-state index is -0.628. The first-order chi connectivity index (χ1) is 11.9. The smallest absolute Gasteiger partial charge is 0.335 e. The highest BCUT2D eigenvalue weighted by molar-refractivity contribution is 7.80. The van der Waals surface area contributed by atoms with Crippen molar-refractivity contribution >= 4 is 24.5 Å². The lowest BCUT2D eigenvalue weighted by Crippen LogP contribution is -2.36. The van der Waals surface area contributed by atoms with Crippen LogP contribution >= 0.6 is 12.6 Å². The average Bonchev–Trinajstić information content (AvgIpc) is 2.59. The number of carbonyl (C=O) groups excluding carboxylic acids is 2. The number of likely N-dealkylation sites (N-methyl/N-ethyl adjacent to an activating group) is 1. The maximum atomic E-state index is 13.1. The van der Waals surface area contributed by atoms with E-state index >= 15 is 0 Å². The Morgan fingerprint density at radius 2 is 1.80 bits per heavy atom. The quantitative estimate of drug-likeness (QED) is 0.656. The van der Waals surface area contributed by atoms with Crippen molar-refractivity contribution in [1.82, 2.24) is 5.06 Å². The van der Waals surface area contributed by atoms with Crippen molar-refractivity contribution in [3.8, 4) is 11.5 Å². The first-order valence-electron chi connectivity index (χ1n) is 7.97. The van der Waals surface area contributed by atoms with Crippen LogP contribution in [-0.2, 0) is 14.4 Å². The first kappa shape index (κ1) is 17.4. The zero-order valence-corrected chi connectivity index (χ0v) is 15.1. The maximum absolute atomic E-state index is 13.1. The topological polar surface area (TPSA) is 55.8 Å². The first-order valence-corrected chi connectivity index (χ1v) is 8.42. The van der Waals surface area contributed by atoms with Crippen LogP contribution in [0.25, 0.3) is 0 Å². The van der Waals surface area contributed by atoms with Crippen LogP contribution in [0.1, 0.15) is 30.9 Å². The van der Waals surface area contributed by atoms with Crippen LogP contribution in [0.2, 0.25) is 0 Å². The largest absolute Gasteiger partial charge is 0.457 e. The fourth-order valence-electron chi connectivity index (χ4n) is 2.69. The number of hydrogen-bond donors (Lipinski definition) is 1. The van der Waals surface area contributed by atoms with Gasteiger partial charge in [0.1, 0.15) is 11.5 Å². The minimum absolute atomic E-state index is 0.325. The molecule has 6 heteroatoms. The van der Waals surface area contributed by atoms with E-state index in [1.807, 2.05) is 24.3 Å². The standard InChI is InChI=1S/C19H19NO4S/c1-11(2)19(22)24-20(3)18(21)17-13-6-4-5-7-15(13)23-16-9-8-12(25)10-14(16)17/h4-11,17,25H,1-3H3. The second-order valence-electron chi connectivity index (χ2n) is 6.20. The summed E-state index contributed by atoms with van der Waals surface area (Å²) in [4.78, 5) is 30.8. The van der Waals surface area contributed by atoms with E-state index in [-0.39, 0.29) is 11.8 Å². The molecule has 130 valence electrons. The Labute approximate surface area is 151 Å². The van der Waals surface area contributed by atoms with Crippen molar-refractivity contribution in [1.29, 1.82) is 0 Å². The van der Waals surface area contributed by atoms with E-state index < -0.39 is 11.9 Å². The van der Waals surface area contributed by atoms with E-state index in [0.717, 1.165) is 15.5 Å². The van der Waals surface area contributed by atoms with Gasteiger partial charge in [0.05, 0.1) is 11.8 Å². The highest BCUT2D eigenvalue weighted by Crippen LogP contribution is 2.45. The van der Waals surface area contributed by atoms with Crippen LogP contribution in [0.15, 0.2) is 47.4 Å². The van der Waals surface area contributed by atoms with Crippen LogP contribution in [0, 0.1) is 5.92 Å². The molecule has 0 aromatic heterocycles. The van der Waals surface area contributed by atoms with Gasteiger partial charge in [-0.2, -0.15) is 5.06 Å². The third kappa shape index (κ3) is 3.35. The second-order valence-corrected chi connectivity index (χ2v) is 6.71. The van der Waals surface area contributed by atoms with E-state index in [0.29, 0.717) is 17.1 Å². The monoisotopic (exact) mass is 357 g/mol. The third-order valence-corrected chi connectivity index (χ3v) is 4.29. The molecule has 0 fully saturated rings. The van der Waals surface area contributed by atoms with Crippen LogP contribution in [0.4, 0.5) is 0 Å². The highest BCUT2D eigenvalue weighted by atomic mass is 32.1. The lowest BCUT2D eigenvalue weighted by Gasteiger charge is -2.30. The zero-order valence-electron chi connectivity index (χ0n) is 14.2. The molecule has 0 aliphatic carbocycles. The summed E-state index contributed by atoms with van der Waals surface area (Å²) in [5.74, 6) is -0.544. The average molecular weight is 357 g/mol. The number of ether oxygens (including phenoxy) is 1. The Balaban J connectivity index is 2.01. The van der Waals surface area contributed by atoms with Crippen molar-refractivity contribution < 1.29 is 19.2 Å². The Morgan fingerprint density at radius 1 is 1.12 bits per heavy atom. The molecular formula is C19H19NO4S. The molecular weight excluding hydrogens is 338 g/mol. The summed E-state index contributed by atoms with van der Waals surface area (Å²) in [6.07, 6.45) is 0. The van der Waals surface area contributed by atoms with Crippen molar-refractivity contribution in [3.63, 3.8) is 0 Å². The lowest BCUT2D eigenvalue weighted by molar-refractivity contribution is -0.196. The summed E-state index contributed by atoms with van der Waals surface area (Å²) >= 11 is 4.37. The van der Waals surface area contributed by atoms with Gasteiger partial charge in [-0.05, 0) is 24.3 Å². The lowest BCUT2D eigenvalue weighted by atomic mass is 9.87. The number of carbonyl (C=O) groups is 2. The van der Waals surface area contributed by atoms with Crippen LogP contribution < -0.4 is 4.74 Å². The zero-order chi connectivity index (χ0) is 18.1. The Bertz CT molecular complexity index is 834. The number of rotatable bonds is 2. The van der Waals surface area contributed by atoms with E-state index in [9.17, 15) is 9.59 Å². The fraction of sp³-hybridized carbons (Fsp3) is 0.263. The van der Waals surface area contributed by atoms with E-state index in [1.54, 1.807) is 32.0 Å². The van der Waals surface area contributed by atoms with E-state index in [1.165, 1.54) is 7.05 Å². The number of thiol groups is 1. The molecule has 2 aromatic carbocycles. The molecule has 1 unspecified atom stereocenters. The van der Waals surface area contributed by atoms with Gasteiger partial charge in [-0.25, -0.2) is 4.79 Å². The normalized spacial score (nSPS) is 15.0. The van der Waals surface area contributed by atoms with Gasteiger partial charge in [-0.1, -0.05) is 32.0 Å². The van der Waals surface area contributed by atoms with Crippen molar-refractivity contribution in [2.24, 2.45) is 5.92 Å². The molecule has 0 N–H and O–H groups in total. The predicted molar refractivity (Wildman–Crippen MR) is 95.8 cm³/mol. The van der Waals surface area contributed by atoms with Gasteiger partial charge < -0.3 is 9.57 Å². The SMILES string of the molecule is CC(C)C(=O)ON(C)C(=O)C1c2ccccc2Oc2ccc(S)cc21. The molecule has 0 spiro atoms. The van der Waals surface area contributed by atoms with Crippen molar-refractivity contribution in [2.75, 3.05) is 7.05 Å². The molecule has 1 atom stereocenters. The second kappa shape index (κ2) is 6.80. The number of amides is 1. The van der Waals surface area contributed by atoms with Crippen LogP contribution in [0.5, 0.6) is 11.5 Å². The number of benzene rings is 2. The minimum Gasteiger partial charge on any atom is -0.457 e. The number of nitrogens with zero attached hydrogens (tertiary/aromatic N) is 1. The molecule has 1 aliphatic rings. The van der Waals surface area contributed by atoms with Crippen LogP contribution in [0.3, 0.4) is 0 Å². The van der Waals surface area contributed by atoms with Gasteiger partial charge in [0, 0.05) is 23.1 Å². The molecule has 1 heterocycles. The molecule has 2 aromatic rings. The third-order valence-electron chi connectivity index (χ3n) is 4.01. The van der Waals surface area contributed by atoms with E-state index in [2.05, 4.69) is 12.6 Å². The number of hydrogen-bond acceptors (Lipinski definition) is 5. The summed E-state index contributed by atoms with van der Waals surface area (Å²) in [5.41, 5.74) is 1.43. The Kier molecular flexibility index (Phi) is 4.72. The number of hydroxylamine groups is 2. The predicted octanol–water partition coefficient (Wildman–Crippen LogP) is 3.79. The summed E-state index contributed by atoms with van der Waals surface area (Å²) in [5, 5.41) is 1.00. The molecule has 0 saturated heterocycles. The van der Waals surface area contributed by atoms with Gasteiger partial charge in [-0.3, -0.25) is 4.79 Å². The van der Waals surface area contributed by atoms with Gasteiger partial charge in [-0.15, -0.1) is 12.6 Å². The molecule has 0 saturated carbocycles. The highest BCUT2D eigenvalue weighted by Gasteiger charge is 2.35. The molecule has 1 amide bonds. The summed E-state index contributed by atoms with van der Waals surface area (Å²) in [6, 6.07) is 12.7. The molecule has 5 nitrogen and oxygen atoms in total. The molecule has 1 aliphatic heterocycles. The Hall–Kier alpha value is -2.47. The van der Waals surface area contributed by atoms with Crippen molar-refractivity contribution in [3.05, 3.63) is 53.6 Å². The van der Waals surface area contributed by atoms with Gasteiger partial charge in [0.2, 0.25) is 0 Å². The van der Waals surface area contributed by atoms with E-state index in [4.69, 9.17) is 9.57 Å². The van der Waals surface area contributed by atoms with Gasteiger partial charge in [0.25, 0.3) is 5.91 Å². The maximum Gasteiger partial charge on any atom is 0.335 e. The fourth-order valence-corrected chi connectivity index (χ4v) is 2.90. The number of para-hydroxylation sites is 1. The number of fused-ring (bicyclic) bond motifs is 2. The summed E-state index contributed by atoms with van der Waals surface area (Å²) < 4.78 is 5.90. The van der Waals surface area contributed by atoms with Gasteiger partial charge in [0.15, 0.2) is 0 Å².